The molecule has 1 aromatic carbocycles. The molecule has 18 heavy (non-hydrogen) atoms. The van der Waals surface area contributed by atoms with Crippen LogP contribution in [0, 0.1) is 0 Å². The fourth-order valence-electron chi connectivity index (χ4n) is 1.39. The monoisotopic (exact) mass is 249 g/mol. The summed E-state index contributed by atoms with van der Waals surface area (Å²) in [7, 11) is 1.59. The fraction of sp³-hybridized carbons (Fsp3) is 0.357. The minimum atomic E-state index is -0.516. The van der Waals surface area contributed by atoms with E-state index in [1.807, 2.05) is 20.8 Å². The summed E-state index contributed by atoms with van der Waals surface area (Å²) in [6, 6.07) is 5.29. The Bertz CT molecular complexity index is 447. The largest absolute Gasteiger partial charge is 0.496 e. The molecule has 1 N–H and O–H groups in total. The van der Waals surface area contributed by atoms with E-state index < -0.39 is 11.7 Å². The Morgan fingerprint density at radius 2 is 2.06 bits per heavy atom. The predicted octanol–water partition coefficient (Wildman–Crippen LogP) is 3.69. The van der Waals surface area contributed by atoms with Crippen LogP contribution in [0.4, 0.5) is 10.5 Å². The average molecular weight is 249 g/mol. The third-order valence-electron chi connectivity index (χ3n) is 2.09. The molecule has 0 bridgehead atoms. The standard InChI is InChI=1S/C14H19NO3/c1-6-10-9-11(7-8-12(10)17-5)15-13(16)18-14(2,3)4/h6-9H,1H2,2-5H3,(H,15,16). The van der Waals surface area contributed by atoms with E-state index in [-0.39, 0.29) is 0 Å². The van der Waals surface area contributed by atoms with Crippen molar-refractivity contribution in [3.8, 4) is 5.75 Å². The van der Waals surface area contributed by atoms with Crippen LogP contribution in [-0.2, 0) is 4.74 Å². The Morgan fingerprint density at radius 1 is 1.39 bits per heavy atom. The number of ether oxygens (including phenoxy) is 2. The molecule has 0 aromatic heterocycles. The van der Waals surface area contributed by atoms with Crippen LogP contribution in [0.2, 0.25) is 0 Å². The summed E-state index contributed by atoms with van der Waals surface area (Å²) in [5, 5.41) is 2.66. The first-order chi connectivity index (χ1) is 8.35. The van der Waals surface area contributed by atoms with E-state index in [9.17, 15) is 4.79 Å². The van der Waals surface area contributed by atoms with E-state index >= 15 is 0 Å². The van der Waals surface area contributed by atoms with Gasteiger partial charge in [-0.15, -0.1) is 0 Å². The van der Waals surface area contributed by atoms with Gasteiger partial charge in [0.1, 0.15) is 11.4 Å². The maximum absolute atomic E-state index is 11.6. The SMILES string of the molecule is C=Cc1cc(NC(=O)OC(C)(C)C)ccc1OC. The number of rotatable bonds is 3. The van der Waals surface area contributed by atoms with Gasteiger partial charge in [-0.05, 0) is 39.0 Å². The van der Waals surface area contributed by atoms with Crippen LogP contribution in [0.3, 0.4) is 0 Å². The van der Waals surface area contributed by atoms with E-state index in [0.29, 0.717) is 11.4 Å². The van der Waals surface area contributed by atoms with Crippen molar-refractivity contribution in [2.45, 2.75) is 26.4 Å². The number of benzene rings is 1. The van der Waals surface area contributed by atoms with Crippen molar-refractivity contribution in [1.29, 1.82) is 0 Å². The fourth-order valence-corrected chi connectivity index (χ4v) is 1.39. The van der Waals surface area contributed by atoms with Crippen LogP contribution in [0.25, 0.3) is 6.08 Å². The molecule has 98 valence electrons. The van der Waals surface area contributed by atoms with Gasteiger partial charge in [0.05, 0.1) is 7.11 Å². The van der Waals surface area contributed by atoms with Gasteiger partial charge in [-0.25, -0.2) is 4.79 Å². The Balaban J connectivity index is 2.80. The van der Waals surface area contributed by atoms with E-state index in [0.717, 1.165) is 5.56 Å². The van der Waals surface area contributed by atoms with Crippen LogP contribution < -0.4 is 10.1 Å². The summed E-state index contributed by atoms with van der Waals surface area (Å²) in [5.74, 6) is 0.708. The van der Waals surface area contributed by atoms with Crippen molar-refractivity contribution < 1.29 is 14.3 Å². The molecule has 0 radical (unpaired) electrons. The molecule has 1 aromatic rings. The maximum atomic E-state index is 11.6. The van der Waals surface area contributed by atoms with Crippen molar-refractivity contribution in [2.75, 3.05) is 12.4 Å². The van der Waals surface area contributed by atoms with E-state index in [1.165, 1.54) is 0 Å². The Morgan fingerprint density at radius 3 is 2.56 bits per heavy atom. The highest BCUT2D eigenvalue weighted by Crippen LogP contribution is 2.23. The first-order valence-electron chi connectivity index (χ1n) is 5.66. The number of amides is 1. The van der Waals surface area contributed by atoms with Gasteiger partial charge in [0, 0.05) is 11.3 Å². The molecule has 0 aliphatic heterocycles. The molecule has 0 aliphatic rings. The summed E-state index contributed by atoms with van der Waals surface area (Å²) in [5.41, 5.74) is 0.934. The van der Waals surface area contributed by atoms with Gasteiger partial charge in [-0.2, -0.15) is 0 Å². The van der Waals surface area contributed by atoms with Gasteiger partial charge >= 0.3 is 6.09 Å². The lowest BCUT2D eigenvalue weighted by Gasteiger charge is -2.19. The van der Waals surface area contributed by atoms with Gasteiger partial charge < -0.3 is 9.47 Å². The first kappa shape index (κ1) is 14.1. The molecule has 4 nitrogen and oxygen atoms in total. The maximum Gasteiger partial charge on any atom is 0.412 e. The first-order valence-corrected chi connectivity index (χ1v) is 5.66. The number of carbonyl (C=O) groups excluding carboxylic acids is 1. The molecule has 0 saturated carbocycles. The number of nitrogens with one attached hydrogen (secondary N) is 1. The number of anilines is 1. The average Bonchev–Trinajstić information content (AvgIpc) is 2.26. The Hall–Kier alpha value is -1.97. The molecule has 0 fully saturated rings. The third-order valence-corrected chi connectivity index (χ3v) is 2.09. The normalized spacial score (nSPS) is 10.7. The zero-order valence-electron chi connectivity index (χ0n) is 11.2. The summed E-state index contributed by atoms with van der Waals surface area (Å²) in [4.78, 5) is 11.6. The summed E-state index contributed by atoms with van der Waals surface area (Å²) in [6.07, 6.45) is 1.18. The second kappa shape index (κ2) is 5.58. The summed E-state index contributed by atoms with van der Waals surface area (Å²) in [6.45, 7) is 9.14. The van der Waals surface area contributed by atoms with Crippen molar-refractivity contribution >= 4 is 17.9 Å². The highest BCUT2D eigenvalue weighted by Gasteiger charge is 2.16. The molecule has 0 saturated heterocycles. The smallest absolute Gasteiger partial charge is 0.412 e. The molecule has 4 heteroatoms. The Kier molecular flexibility index (Phi) is 4.37. The number of hydrogen-bond acceptors (Lipinski definition) is 3. The predicted molar refractivity (Wildman–Crippen MR) is 72.9 cm³/mol. The van der Waals surface area contributed by atoms with Crippen molar-refractivity contribution in [2.24, 2.45) is 0 Å². The molecule has 0 heterocycles. The van der Waals surface area contributed by atoms with Gasteiger partial charge in [0.25, 0.3) is 0 Å². The van der Waals surface area contributed by atoms with Crippen LogP contribution in [-0.4, -0.2) is 18.8 Å². The van der Waals surface area contributed by atoms with E-state index in [2.05, 4.69) is 11.9 Å². The van der Waals surface area contributed by atoms with Crippen LogP contribution in [0.5, 0.6) is 5.75 Å². The topological polar surface area (TPSA) is 47.6 Å². The number of hydrogen-bond donors (Lipinski definition) is 1. The lowest BCUT2D eigenvalue weighted by Crippen LogP contribution is -2.27. The zero-order chi connectivity index (χ0) is 13.8. The highest BCUT2D eigenvalue weighted by molar-refractivity contribution is 5.85. The van der Waals surface area contributed by atoms with Crippen LogP contribution in [0.1, 0.15) is 26.3 Å². The Labute approximate surface area is 108 Å². The summed E-state index contributed by atoms with van der Waals surface area (Å²) < 4.78 is 10.3. The second-order valence-electron chi connectivity index (χ2n) is 4.79. The molecule has 0 spiro atoms. The van der Waals surface area contributed by atoms with Crippen molar-refractivity contribution in [3.05, 3.63) is 30.3 Å². The van der Waals surface area contributed by atoms with E-state index in [4.69, 9.17) is 9.47 Å². The van der Waals surface area contributed by atoms with Crippen molar-refractivity contribution in [3.63, 3.8) is 0 Å². The molecule has 0 unspecified atom stereocenters. The lowest BCUT2D eigenvalue weighted by atomic mass is 10.1. The number of carbonyl (C=O) groups is 1. The van der Waals surface area contributed by atoms with Gasteiger partial charge in [-0.3, -0.25) is 5.32 Å². The highest BCUT2D eigenvalue weighted by atomic mass is 16.6. The molecule has 1 rings (SSSR count). The lowest BCUT2D eigenvalue weighted by molar-refractivity contribution is 0.0636. The number of methoxy groups -OCH3 is 1. The minimum absolute atomic E-state index is 0.484. The van der Waals surface area contributed by atoms with E-state index in [1.54, 1.807) is 31.4 Å². The molecule has 0 aliphatic carbocycles. The molecule has 1 amide bonds. The molecular weight excluding hydrogens is 230 g/mol. The molecular formula is C14H19NO3. The quantitative estimate of drug-likeness (QED) is 0.888. The summed E-state index contributed by atoms with van der Waals surface area (Å²) >= 11 is 0. The van der Waals surface area contributed by atoms with Gasteiger partial charge in [-0.1, -0.05) is 12.7 Å². The van der Waals surface area contributed by atoms with Crippen molar-refractivity contribution in [1.82, 2.24) is 0 Å². The minimum Gasteiger partial charge on any atom is -0.496 e. The third kappa shape index (κ3) is 4.13. The second-order valence-corrected chi connectivity index (χ2v) is 4.79. The van der Waals surface area contributed by atoms with Gasteiger partial charge in [0.15, 0.2) is 0 Å². The van der Waals surface area contributed by atoms with Crippen LogP contribution >= 0.6 is 0 Å². The van der Waals surface area contributed by atoms with Gasteiger partial charge in [0.2, 0.25) is 0 Å². The zero-order valence-corrected chi connectivity index (χ0v) is 11.2. The van der Waals surface area contributed by atoms with Crippen LogP contribution in [0.15, 0.2) is 24.8 Å². The molecule has 0 atom stereocenters.